The Morgan fingerprint density at radius 3 is 2.91 bits per heavy atom. The molecule has 0 aromatic carbocycles. The van der Waals surface area contributed by atoms with Crippen molar-refractivity contribution in [1.82, 2.24) is 0 Å². The Labute approximate surface area is 132 Å². The molecular weight excluding hydrogens is 276 g/mol. The summed E-state index contributed by atoms with van der Waals surface area (Å²) in [5.74, 6) is 2.25. The monoisotopic (exact) mass is 302 g/mol. The molecule has 0 saturated heterocycles. The van der Waals surface area contributed by atoms with E-state index in [9.17, 15) is 9.59 Å². The van der Waals surface area contributed by atoms with Crippen molar-refractivity contribution >= 4 is 12.4 Å². The first kappa shape index (κ1) is 15.5. The van der Waals surface area contributed by atoms with Crippen LogP contribution in [0.25, 0.3) is 0 Å². The molecule has 3 nitrogen and oxygen atoms in total. The van der Waals surface area contributed by atoms with Crippen LogP contribution in [0.4, 0.5) is 0 Å². The molecule has 120 valence electrons. The van der Waals surface area contributed by atoms with E-state index < -0.39 is 0 Å². The molecule has 0 aromatic heterocycles. The van der Waals surface area contributed by atoms with E-state index in [0.717, 1.165) is 19.3 Å². The van der Waals surface area contributed by atoms with Crippen LogP contribution >= 0.6 is 0 Å². The van der Waals surface area contributed by atoms with Gasteiger partial charge in [0.05, 0.1) is 5.92 Å². The van der Waals surface area contributed by atoms with Crippen LogP contribution in [0.1, 0.15) is 46.0 Å². The molecule has 3 heteroatoms. The molecule has 2 bridgehead atoms. The molecule has 0 aliphatic heterocycles. The third-order valence-corrected chi connectivity index (χ3v) is 6.39. The maximum atomic E-state index is 12.1. The lowest BCUT2D eigenvalue weighted by Gasteiger charge is -2.34. The summed E-state index contributed by atoms with van der Waals surface area (Å²) in [7, 11) is 0. The summed E-state index contributed by atoms with van der Waals surface area (Å²) >= 11 is 0. The van der Waals surface area contributed by atoms with E-state index in [4.69, 9.17) is 0 Å². The Hall–Kier alpha value is -1.38. The first-order chi connectivity index (χ1) is 10.6. The fourth-order valence-electron chi connectivity index (χ4n) is 5.15. The zero-order valence-corrected chi connectivity index (χ0v) is 13.5. The topological polar surface area (TPSA) is 43.4 Å². The Morgan fingerprint density at radius 2 is 2.18 bits per heavy atom. The minimum atomic E-state index is -0.298. The lowest BCUT2D eigenvalue weighted by Crippen LogP contribution is -2.34. The lowest BCUT2D eigenvalue weighted by atomic mass is 9.71. The highest BCUT2D eigenvalue weighted by Crippen LogP contribution is 2.57. The Bertz CT molecular complexity index is 505. The normalized spacial score (nSPS) is 40.2. The minimum absolute atomic E-state index is 0.0699. The molecule has 2 fully saturated rings. The number of hydrogen-bond acceptors (Lipinski definition) is 3. The Balaban J connectivity index is 1.70. The van der Waals surface area contributed by atoms with Crippen molar-refractivity contribution in [2.45, 2.75) is 46.0 Å². The SMILES string of the molecule is CC1=CCC=CCC1CC1CC2CC1C(C(=O)OC=O)C2C. The number of esters is 1. The van der Waals surface area contributed by atoms with Gasteiger partial charge in [-0.2, -0.15) is 0 Å². The lowest BCUT2D eigenvalue weighted by molar-refractivity contribution is -0.158. The molecule has 3 aliphatic carbocycles. The zero-order valence-electron chi connectivity index (χ0n) is 13.5. The van der Waals surface area contributed by atoms with Gasteiger partial charge in [0.15, 0.2) is 0 Å². The van der Waals surface area contributed by atoms with Crippen molar-refractivity contribution in [3.63, 3.8) is 0 Å². The molecule has 0 heterocycles. The van der Waals surface area contributed by atoms with Crippen LogP contribution < -0.4 is 0 Å². The average molecular weight is 302 g/mol. The van der Waals surface area contributed by atoms with Gasteiger partial charge in [0.2, 0.25) is 0 Å². The molecule has 3 aliphatic rings. The van der Waals surface area contributed by atoms with Gasteiger partial charge in [-0.1, -0.05) is 30.7 Å². The molecule has 0 spiro atoms. The fraction of sp³-hybridized carbons (Fsp3) is 0.684. The van der Waals surface area contributed by atoms with Crippen molar-refractivity contribution < 1.29 is 14.3 Å². The summed E-state index contributed by atoms with van der Waals surface area (Å²) in [4.78, 5) is 22.6. The molecule has 0 aromatic rings. The molecule has 22 heavy (non-hydrogen) atoms. The molecule has 0 amide bonds. The average Bonchev–Trinajstić information content (AvgIpc) is 2.95. The van der Waals surface area contributed by atoms with Gasteiger partial charge >= 0.3 is 12.4 Å². The number of hydrogen-bond donors (Lipinski definition) is 0. The fourth-order valence-corrected chi connectivity index (χ4v) is 5.15. The summed E-state index contributed by atoms with van der Waals surface area (Å²) in [5, 5.41) is 0. The molecular formula is C19H26O3. The van der Waals surface area contributed by atoms with Gasteiger partial charge < -0.3 is 4.74 Å². The van der Waals surface area contributed by atoms with Crippen LogP contribution in [-0.4, -0.2) is 12.4 Å². The highest BCUT2D eigenvalue weighted by Gasteiger charge is 2.54. The maximum Gasteiger partial charge on any atom is 0.316 e. The maximum absolute atomic E-state index is 12.1. The van der Waals surface area contributed by atoms with Crippen molar-refractivity contribution in [2.24, 2.45) is 35.5 Å². The Kier molecular flexibility index (Phi) is 4.51. The van der Waals surface area contributed by atoms with Crippen LogP contribution in [-0.2, 0) is 14.3 Å². The minimum Gasteiger partial charge on any atom is -0.395 e. The van der Waals surface area contributed by atoms with Gasteiger partial charge in [-0.3, -0.25) is 9.59 Å². The van der Waals surface area contributed by atoms with E-state index in [1.807, 2.05) is 0 Å². The van der Waals surface area contributed by atoms with Gasteiger partial charge in [0.1, 0.15) is 0 Å². The molecule has 6 unspecified atom stereocenters. The first-order valence-corrected chi connectivity index (χ1v) is 8.57. The van der Waals surface area contributed by atoms with Crippen molar-refractivity contribution in [1.29, 1.82) is 0 Å². The number of rotatable bonds is 4. The van der Waals surface area contributed by atoms with E-state index in [2.05, 4.69) is 36.8 Å². The number of ether oxygens (including phenoxy) is 1. The standard InChI is InChI=1S/C19H26O3/c1-12-6-4-3-5-7-14(12)8-16-9-15-10-17(16)18(13(15)2)19(21)22-11-20/h3,5-6,11,13-18H,4,7-10H2,1-2H3. The van der Waals surface area contributed by atoms with E-state index in [-0.39, 0.29) is 11.9 Å². The van der Waals surface area contributed by atoms with Gasteiger partial charge in [-0.05, 0) is 68.6 Å². The first-order valence-electron chi connectivity index (χ1n) is 8.57. The van der Waals surface area contributed by atoms with Crippen molar-refractivity contribution in [3.8, 4) is 0 Å². The predicted molar refractivity (Wildman–Crippen MR) is 84.8 cm³/mol. The second-order valence-electron chi connectivity index (χ2n) is 7.40. The molecule has 3 rings (SSSR count). The van der Waals surface area contributed by atoms with Crippen LogP contribution in [0.2, 0.25) is 0 Å². The van der Waals surface area contributed by atoms with Crippen molar-refractivity contribution in [2.75, 3.05) is 0 Å². The van der Waals surface area contributed by atoms with E-state index in [1.165, 1.54) is 18.4 Å². The third-order valence-electron chi connectivity index (χ3n) is 6.39. The number of carbonyl (C=O) groups is 2. The molecule has 0 N–H and O–H groups in total. The van der Waals surface area contributed by atoms with E-state index >= 15 is 0 Å². The van der Waals surface area contributed by atoms with Gasteiger partial charge in [-0.15, -0.1) is 0 Å². The number of carbonyl (C=O) groups excluding carboxylic acids is 2. The summed E-state index contributed by atoms with van der Waals surface area (Å²) in [6.45, 7) is 4.68. The number of allylic oxidation sites excluding steroid dienone is 4. The summed E-state index contributed by atoms with van der Waals surface area (Å²) in [6.07, 6.45) is 12.6. The summed E-state index contributed by atoms with van der Waals surface area (Å²) < 4.78 is 4.69. The molecule has 6 atom stereocenters. The quantitative estimate of drug-likeness (QED) is 0.342. The van der Waals surface area contributed by atoms with E-state index in [1.54, 1.807) is 0 Å². The van der Waals surface area contributed by atoms with Gasteiger partial charge in [0, 0.05) is 0 Å². The Morgan fingerprint density at radius 1 is 1.36 bits per heavy atom. The summed E-state index contributed by atoms with van der Waals surface area (Å²) in [5.41, 5.74) is 1.49. The van der Waals surface area contributed by atoms with Crippen LogP contribution in [0.3, 0.4) is 0 Å². The highest BCUT2D eigenvalue weighted by molar-refractivity contribution is 5.79. The van der Waals surface area contributed by atoms with Crippen LogP contribution in [0.15, 0.2) is 23.8 Å². The van der Waals surface area contributed by atoms with Crippen LogP contribution in [0, 0.1) is 35.5 Å². The molecule has 0 radical (unpaired) electrons. The second-order valence-corrected chi connectivity index (χ2v) is 7.40. The number of fused-ring (bicyclic) bond motifs is 2. The zero-order chi connectivity index (χ0) is 15.7. The summed E-state index contributed by atoms with van der Waals surface area (Å²) in [6, 6.07) is 0. The molecule has 2 saturated carbocycles. The largest absolute Gasteiger partial charge is 0.395 e. The van der Waals surface area contributed by atoms with Crippen LogP contribution in [0.5, 0.6) is 0 Å². The predicted octanol–water partition coefficient (Wildman–Crippen LogP) is 3.90. The van der Waals surface area contributed by atoms with Gasteiger partial charge in [0.25, 0.3) is 0 Å². The second kappa shape index (κ2) is 6.39. The van der Waals surface area contributed by atoms with Crippen molar-refractivity contribution in [3.05, 3.63) is 23.8 Å². The van der Waals surface area contributed by atoms with E-state index in [0.29, 0.717) is 36.1 Å². The smallest absolute Gasteiger partial charge is 0.316 e. The van der Waals surface area contributed by atoms with Gasteiger partial charge in [-0.25, -0.2) is 0 Å². The highest BCUT2D eigenvalue weighted by atomic mass is 16.6. The third kappa shape index (κ3) is 2.78.